The number of hydrogen-bond acceptors (Lipinski definition) is 6. The van der Waals surface area contributed by atoms with E-state index in [9.17, 15) is 4.79 Å². The van der Waals surface area contributed by atoms with E-state index in [-0.39, 0.29) is 5.91 Å². The van der Waals surface area contributed by atoms with Crippen LogP contribution in [0.2, 0.25) is 0 Å². The SMILES string of the molecule is Cn1cc(Nc2nccc(-c3ccc(NC(=O)CC4CC4)nc3)n2)cn1. The molecule has 26 heavy (non-hydrogen) atoms. The van der Waals surface area contributed by atoms with Gasteiger partial charge in [0.25, 0.3) is 0 Å². The summed E-state index contributed by atoms with van der Waals surface area (Å²) in [7, 11) is 1.85. The fourth-order valence-electron chi connectivity index (χ4n) is 2.59. The third-order valence-corrected chi connectivity index (χ3v) is 4.11. The van der Waals surface area contributed by atoms with Crippen molar-refractivity contribution in [2.75, 3.05) is 10.6 Å². The van der Waals surface area contributed by atoms with Gasteiger partial charge in [0.05, 0.1) is 17.6 Å². The zero-order valence-corrected chi connectivity index (χ0v) is 14.4. The molecule has 1 aliphatic carbocycles. The van der Waals surface area contributed by atoms with Crippen molar-refractivity contribution in [2.45, 2.75) is 19.3 Å². The van der Waals surface area contributed by atoms with Gasteiger partial charge in [-0.05, 0) is 37.0 Å². The number of pyridine rings is 1. The van der Waals surface area contributed by atoms with Gasteiger partial charge in [0, 0.05) is 37.6 Å². The van der Waals surface area contributed by atoms with Crippen molar-refractivity contribution in [3.63, 3.8) is 0 Å². The first-order valence-electron chi connectivity index (χ1n) is 8.51. The number of carbonyl (C=O) groups excluding carboxylic acids is 1. The number of aromatic nitrogens is 5. The van der Waals surface area contributed by atoms with Crippen LogP contribution < -0.4 is 10.6 Å². The highest BCUT2D eigenvalue weighted by Crippen LogP contribution is 2.32. The highest BCUT2D eigenvalue weighted by molar-refractivity contribution is 5.90. The third-order valence-electron chi connectivity index (χ3n) is 4.11. The molecule has 3 aromatic heterocycles. The largest absolute Gasteiger partial charge is 0.321 e. The Morgan fingerprint density at radius 1 is 1.23 bits per heavy atom. The van der Waals surface area contributed by atoms with Gasteiger partial charge in [-0.25, -0.2) is 15.0 Å². The standard InChI is InChI=1S/C18H19N7O/c1-25-11-14(10-21-25)22-18-19-7-6-15(23-18)13-4-5-16(20-9-13)24-17(26)8-12-2-3-12/h4-7,9-12H,2-3,8H2,1H3,(H,19,22,23)(H,20,24,26). The molecule has 0 unspecified atom stereocenters. The van der Waals surface area contributed by atoms with Gasteiger partial charge in [0.2, 0.25) is 11.9 Å². The number of amides is 1. The van der Waals surface area contributed by atoms with Crippen molar-refractivity contribution in [1.82, 2.24) is 24.7 Å². The molecular weight excluding hydrogens is 330 g/mol. The highest BCUT2D eigenvalue weighted by Gasteiger charge is 2.24. The second-order valence-electron chi connectivity index (χ2n) is 6.42. The molecule has 3 aromatic rings. The summed E-state index contributed by atoms with van der Waals surface area (Å²) in [6.45, 7) is 0. The average molecular weight is 349 g/mol. The number of carbonyl (C=O) groups is 1. The van der Waals surface area contributed by atoms with E-state index in [2.05, 4.69) is 30.7 Å². The van der Waals surface area contributed by atoms with Gasteiger partial charge >= 0.3 is 0 Å². The van der Waals surface area contributed by atoms with E-state index in [0.29, 0.717) is 24.1 Å². The Morgan fingerprint density at radius 3 is 2.81 bits per heavy atom. The van der Waals surface area contributed by atoms with Crippen LogP contribution in [0.5, 0.6) is 0 Å². The lowest BCUT2D eigenvalue weighted by Crippen LogP contribution is -2.12. The lowest BCUT2D eigenvalue weighted by Gasteiger charge is -2.06. The minimum Gasteiger partial charge on any atom is -0.321 e. The topological polar surface area (TPSA) is 97.6 Å². The van der Waals surface area contributed by atoms with E-state index >= 15 is 0 Å². The zero-order valence-electron chi connectivity index (χ0n) is 14.4. The summed E-state index contributed by atoms with van der Waals surface area (Å²) in [4.78, 5) is 24.9. The molecule has 1 amide bonds. The molecule has 3 heterocycles. The molecule has 0 atom stereocenters. The second-order valence-corrected chi connectivity index (χ2v) is 6.42. The van der Waals surface area contributed by atoms with E-state index in [0.717, 1.165) is 29.8 Å². The number of hydrogen-bond donors (Lipinski definition) is 2. The average Bonchev–Trinajstić information content (AvgIpc) is 3.35. The maximum absolute atomic E-state index is 11.9. The van der Waals surface area contributed by atoms with Crippen LogP contribution in [0, 0.1) is 5.92 Å². The molecule has 0 bridgehead atoms. The van der Waals surface area contributed by atoms with Gasteiger partial charge in [-0.15, -0.1) is 0 Å². The van der Waals surface area contributed by atoms with Crippen LogP contribution in [0.4, 0.5) is 17.5 Å². The monoisotopic (exact) mass is 349 g/mol. The lowest BCUT2D eigenvalue weighted by molar-refractivity contribution is -0.116. The fourth-order valence-corrected chi connectivity index (χ4v) is 2.59. The molecule has 0 spiro atoms. The molecular formula is C18H19N7O. The van der Waals surface area contributed by atoms with Gasteiger partial charge in [0.15, 0.2) is 0 Å². The van der Waals surface area contributed by atoms with E-state index in [1.165, 1.54) is 0 Å². The summed E-state index contributed by atoms with van der Waals surface area (Å²) in [5.41, 5.74) is 2.41. The van der Waals surface area contributed by atoms with Crippen LogP contribution in [-0.4, -0.2) is 30.6 Å². The molecule has 1 fully saturated rings. The zero-order chi connectivity index (χ0) is 17.9. The van der Waals surface area contributed by atoms with Crippen LogP contribution in [-0.2, 0) is 11.8 Å². The maximum Gasteiger partial charge on any atom is 0.227 e. The number of aryl methyl sites for hydroxylation is 1. The molecule has 4 rings (SSSR count). The van der Waals surface area contributed by atoms with Crippen LogP contribution in [0.25, 0.3) is 11.3 Å². The summed E-state index contributed by atoms with van der Waals surface area (Å²) >= 11 is 0. The summed E-state index contributed by atoms with van der Waals surface area (Å²) in [5, 5.41) is 10.0. The Hall–Kier alpha value is -3.29. The molecule has 8 heteroatoms. The maximum atomic E-state index is 11.9. The minimum atomic E-state index is 0.0257. The van der Waals surface area contributed by atoms with Crippen molar-refractivity contribution in [3.8, 4) is 11.3 Å². The predicted molar refractivity (Wildman–Crippen MR) is 97.7 cm³/mol. The molecule has 0 saturated heterocycles. The molecule has 2 N–H and O–H groups in total. The summed E-state index contributed by atoms with van der Waals surface area (Å²) < 4.78 is 1.70. The number of anilines is 3. The summed E-state index contributed by atoms with van der Waals surface area (Å²) in [6, 6.07) is 5.49. The highest BCUT2D eigenvalue weighted by atomic mass is 16.1. The van der Waals surface area contributed by atoms with Gasteiger partial charge in [-0.2, -0.15) is 5.10 Å². The number of rotatable bonds is 6. The Morgan fingerprint density at radius 2 is 2.12 bits per heavy atom. The third kappa shape index (κ3) is 4.02. The van der Waals surface area contributed by atoms with Gasteiger partial charge in [-0.1, -0.05) is 0 Å². The second kappa shape index (κ2) is 6.91. The van der Waals surface area contributed by atoms with E-state index < -0.39 is 0 Å². The van der Waals surface area contributed by atoms with Crippen molar-refractivity contribution >= 4 is 23.4 Å². The van der Waals surface area contributed by atoms with Crippen LogP contribution in [0.1, 0.15) is 19.3 Å². The van der Waals surface area contributed by atoms with E-state index in [4.69, 9.17) is 0 Å². The Balaban J connectivity index is 1.44. The van der Waals surface area contributed by atoms with Crippen molar-refractivity contribution in [1.29, 1.82) is 0 Å². The fraction of sp³-hybridized carbons (Fsp3) is 0.278. The molecule has 8 nitrogen and oxygen atoms in total. The van der Waals surface area contributed by atoms with E-state index in [1.54, 1.807) is 29.3 Å². The molecule has 0 radical (unpaired) electrons. The van der Waals surface area contributed by atoms with Crippen molar-refractivity contribution in [2.24, 2.45) is 13.0 Å². The summed E-state index contributed by atoms with van der Waals surface area (Å²) in [5.74, 6) is 1.62. The lowest BCUT2D eigenvalue weighted by atomic mass is 10.2. The minimum absolute atomic E-state index is 0.0257. The quantitative estimate of drug-likeness (QED) is 0.710. The summed E-state index contributed by atoms with van der Waals surface area (Å²) in [6.07, 6.45) is 9.83. The first-order valence-corrected chi connectivity index (χ1v) is 8.51. The predicted octanol–water partition coefficient (Wildman–Crippen LogP) is 2.75. The Kier molecular flexibility index (Phi) is 4.30. The Bertz CT molecular complexity index is 915. The van der Waals surface area contributed by atoms with Gasteiger partial charge < -0.3 is 10.6 Å². The first kappa shape index (κ1) is 16.2. The number of nitrogens with zero attached hydrogens (tertiary/aromatic N) is 5. The van der Waals surface area contributed by atoms with Gasteiger partial charge in [0.1, 0.15) is 5.82 Å². The smallest absolute Gasteiger partial charge is 0.227 e. The van der Waals surface area contributed by atoms with Crippen LogP contribution in [0.15, 0.2) is 43.0 Å². The van der Waals surface area contributed by atoms with Crippen molar-refractivity contribution < 1.29 is 4.79 Å². The van der Waals surface area contributed by atoms with E-state index in [1.807, 2.05) is 25.4 Å². The normalized spacial score (nSPS) is 13.4. The first-order chi connectivity index (χ1) is 12.7. The molecule has 0 aromatic carbocycles. The Labute approximate surface area is 150 Å². The molecule has 132 valence electrons. The molecule has 0 aliphatic heterocycles. The van der Waals surface area contributed by atoms with Crippen LogP contribution in [0.3, 0.4) is 0 Å². The van der Waals surface area contributed by atoms with Gasteiger partial charge in [-0.3, -0.25) is 9.48 Å². The molecule has 1 saturated carbocycles. The number of nitrogens with one attached hydrogen (secondary N) is 2. The van der Waals surface area contributed by atoms with Crippen molar-refractivity contribution in [3.05, 3.63) is 43.0 Å². The van der Waals surface area contributed by atoms with Crippen LogP contribution >= 0.6 is 0 Å². The molecule has 1 aliphatic rings.